The second kappa shape index (κ2) is 6.63. The van der Waals surface area contributed by atoms with Crippen LogP contribution in [0.4, 0.5) is 8.78 Å². The molecule has 0 saturated heterocycles. The minimum atomic E-state index is -0.779. The Labute approximate surface area is 153 Å². The Morgan fingerprint density at radius 2 is 1.89 bits per heavy atom. The zero-order valence-electron chi connectivity index (χ0n) is 14.0. The van der Waals surface area contributed by atoms with E-state index in [0.717, 1.165) is 11.6 Å². The van der Waals surface area contributed by atoms with E-state index >= 15 is 0 Å². The van der Waals surface area contributed by atoms with Gasteiger partial charge in [-0.1, -0.05) is 12.1 Å². The number of benzene rings is 2. The Balaban J connectivity index is 1.81. The number of aromatic nitrogens is 2. The van der Waals surface area contributed by atoms with E-state index in [1.165, 1.54) is 6.07 Å². The maximum atomic E-state index is 14.5. The Hall–Kier alpha value is -3.56. The SMILES string of the molecule is N#Cc1cccc(-c2cn3cc(-c4ccc(F)c(CO)c4F)ccc3n2)c1. The number of hydrogen-bond donors (Lipinski definition) is 1. The first-order chi connectivity index (χ1) is 13.1. The van der Waals surface area contributed by atoms with Crippen molar-refractivity contribution in [2.24, 2.45) is 0 Å². The molecule has 2 heterocycles. The van der Waals surface area contributed by atoms with Gasteiger partial charge in [0.15, 0.2) is 0 Å². The molecular formula is C21H13F2N3O. The molecule has 4 rings (SSSR count). The molecule has 4 nitrogen and oxygen atoms in total. The van der Waals surface area contributed by atoms with Crippen molar-refractivity contribution in [3.63, 3.8) is 0 Å². The summed E-state index contributed by atoms with van der Waals surface area (Å²) in [6.07, 6.45) is 3.47. The van der Waals surface area contributed by atoms with E-state index in [9.17, 15) is 13.9 Å². The average molecular weight is 361 g/mol. The minimum absolute atomic E-state index is 0.198. The standard InChI is InChI=1S/C21H13F2N3O/c22-18-6-5-16(21(23)17(18)12-27)15-4-7-20-25-19(11-26(20)10-15)14-3-1-2-13(8-14)9-24/h1-8,10-11,27H,12H2. The Kier molecular flexibility index (Phi) is 4.15. The predicted molar refractivity (Wildman–Crippen MR) is 96.6 cm³/mol. The highest BCUT2D eigenvalue weighted by molar-refractivity contribution is 5.69. The second-order valence-electron chi connectivity index (χ2n) is 6.05. The normalized spacial score (nSPS) is 10.9. The number of rotatable bonds is 3. The highest BCUT2D eigenvalue weighted by Crippen LogP contribution is 2.28. The Morgan fingerprint density at radius 1 is 1.04 bits per heavy atom. The van der Waals surface area contributed by atoms with Crippen LogP contribution in [0.15, 0.2) is 60.9 Å². The summed E-state index contributed by atoms with van der Waals surface area (Å²) in [7, 11) is 0. The summed E-state index contributed by atoms with van der Waals surface area (Å²) >= 11 is 0. The first-order valence-corrected chi connectivity index (χ1v) is 8.18. The third-order valence-corrected chi connectivity index (χ3v) is 4.39. The number of nitrogens with zero attached hydrogens (tertiary/aromatic N) is 3. The summed E-state index contributed by atoms with van der Waals surface area (Å²) in [5, 5.41) is 18.2. The summed E-state index contributed by atoms with van der Waals surface area (Å²) in [5.74, 6) is -1.55. The van der Waals surface area contributed by atoms with Crippen LogP contribution < -0.4 is 0 Å². The van der Waals surface area contributed by atoms with Gasteiger partial charge in [0.1, 0.15) is 17.3 Å². The quantitative estimate of drug-likeness (QED) is 0.591. The van der Waals surface area contributed by atoms with Gasteiger partial charge in [0.05, 0.1) is 23.9 Å². The van der Waals surface area contributed by atoms with E-state index in [1.54, 1.807) is 47.1 Å². The number of pyridine rings is 1. The molecule has 4 aromatic rings. The van der Waals surface area contributed by atoms with Gasteiger partial charge in [-0.05, 0) is 36.4 Å². The molecule has 0 aliphatic heterocycles. The fourth-order valence-corrected chi connectivity index (χ4v) is 3.00. The third-order valence-electron chi connectivity index (χ3n) is 4.39. The van der Waals surface area contributed by atoms with Crippen LogP contribution in [0.1, 0.15) is 11.1 Å². The molecule has 132 valence electrons. The first-order valence-electron chi connectivity index (χ1n) is 8.18. The number of imidazole rings is 1. The van der Waals surface area contributed by atoms with Gasteiger partial charge in [0.25, 0.3) is 0 Å². The van der Waals surface area contributed by atoms with E-state index in [1.807, 2.05) is 6.07 Å². The van der Waals surface area contributed by atoms with Crippen LogP contribution in [-0.2, 0) is 6.61 Å². The number of aliphatic hydroxyl groups excluding tert-OH is 1. The van der Waals surface area contributed by atoms with Crippen molar-refractivity contribution in [3.05, 3.63) is 83.7 Å². The lowest BCUT2D eigenvalue weighted by Gasteiger charge is -2.08. The lowest BCUT2D eigenvalue weighted by molar-refractivity contribution is 0.269. The monoisotopic (exact) mass is 361 g/mol. The van der Waals surface area contributed by atoms with Crippen LogP contribution in [0.25, 0.3) is 28.0 Å². The van der Waals surface area contributed by atoms with Crippen LogP contribution in [0.5, 0.6) is 0 Å². The number of fused-ring (bicyclic) bond motifs is 1. The van der Waals surface area contributed by atoms with Gasteiger partial charge < -0.3 is 9.51 Å². The van der Waals surface area contributed by atoms with E-state index in [2.05, 4.69) is 11.1 Å². The summed E-state index contributed by atoms with van der Waals surface area (Å²) in [4.78, 5) is 4.52. The van der Waals surface area contributed by atoms with Gasteiger partial charge in [-0.3, -0.25) is 0 Å². The summed E-state index contributed by atoms with van der Waals surface area (Å²) < 4.78 is 29.9. The van der Waals surface area contributed by atoms with Gasteiger partial charge in [-0.15, -0.1) is 0 Å². The highest BCUT2D eigenvalue weighted by Gasteiger charge is 2.15. The van der Waals surface area contributed by atoms with Crippen LogP contribution >= 0.6 is 0 Å². The molecule has 0 aliphatic carbocycles. The zero-order valence-corrected chi connectivity index (χ0v) is 14.0. The van der Waals surface area contributed by atoms with Gasteiger partial charge >= 0.3 is 0 Å². The summed E-state index contributed by atoms with van der Waals surface area (Å²) in [5.41, 5.74) is 3.05. The van der Waals surface area contributed by atoms with Gasteiger partial charge in [-0.2, -0.15) is 5.26 Å². The maximum Gasteiger partial charge on any atom is 0.139 e. The number of aliphatic hydroxyl groups is 1. The fourth-order valence-electron chi connectivity index (χ4n) is 3.00. The summed E-state index contributed by atoms with van der Waals surface area (Å²) in [6, 6.07) is 15.1. The van der Waals surface area contributed by atoms with Crippen molar-refractivity contribution in [1.82, 2.24) is 9.38 Å². The lowest BCUT2D eigenvalue weighted by atomic mass is 10.0. The smallest absolute Gasteiger partial charge is 0.139 e. The van der Waals surface area contributed by atoms with Crippen molar-refractivity contribution in [3.8, 4) is 28.5 Å². The number of halogens is 2. The maximum absolute atomic E-state index is 14.5. The van der Waals surface area contributed by atoms with Crippen LogP contribution in [0.2, 0.25) is 0 Å². The van der Waals surface area contributed by atoms with Crippen LogP contribution in [-0.4, -0.2) is 14.5 Å². The van der Waals surface area contributed by atoms with Crippen LogP contribution in [0, 0.1) is 23.0 Å². The molecule has 0 fully saturated rings. The molecular weight excluding hydrogens is 348 g/mol. The van der Waals surface area contributed by atoms with Crippen molar-refractivity contribution in [2.45, 2.75) is 6.61 Å². The number of hydrogen-bond acceptors (Lipinski definition) is 3. The first kappa shape index (κ1) is 16.9. The van der Waals surface area contributed by atoms with E-state index in [-0.39, 0.29) is 11.1 Å². The molecule has 2 aromatic carbocycles. The molecule has 0 unspecified atom stereocenters. The molecule has 2 aromatic heterocycles. The molecule has 1 N–H and O–H groups in total. The topological polar surface area (TPSA) is 61.3 Å². The Morgan fingerprint density at radius 3 is 2.67 bits per heavy atom. The molecule has 0 aliphatic rings. The van der Waals surface area contributed by atoms with Gasteiger partial charge in [-0.25, -0.2) is 13.8 Å². The largest absolute Gasteiger partial charge is 0.391 e. The van der Waals surface area contributed by atoms with Crippen LogP contribution in [0.3, 0.4) is 0 Å². The van der Waals surface area contributed by atoms with E-state index in [4.69, 9.17) is 5.26 Å². The Bertz CT molecular complexity index is 1210. The summed E-state index contributed by atoms with van der Waals surface area (Å²) in [6.45, 7) is -0.710. The van der Waals surface area contributed by atoms with Gasteiger partial charge in [0.2, 0.25) is 0 Å². The molecule has 0 spiro atoms. The van der Waals surface area contributed by atoms with Crippen molar-refractivity contribution >= 4 is 5.65 Å². The van der Waals surface area contributed by atoms with Crippen molar-refractivity contribution in [1.29, 1.82) is 5.26 Å². The molecule has 0 bridgehead atoms. The predicted octanol–water partition coefficient (Wildman–Crippen LogP) is 4.31. The molecule has 0 amide bonds. The third kappa shape index (κ3) is 2.94. The molecule has 0 radical (unpaired) electrons. The van der Waals surface area contributed by atoms with Gasteiger partial charge in [0, 0.05) is 34.6 Å². The number of nitriles is 1. The highest BCUT2D eigenvalue weighted by atomic mass is 19.1. The van der Waals surface area contributed by atoms with E-state index < -0.39 is 18.2 Å². The fraction of sp³-hybridized carbons (Fsp3) is 0.0476. The zero-order chi connectivity index (χ0) is 19.0. The lowest BCUT2D eigenvalue weighted by Crippen LogP contribution is -1.98. The van der Waals surface area contributed by atoms with Crippen molar-refractivity contribution < 1.29 is 13.9 Å². The molecule has 27 heavy (non-hydrogen) atoms. The molecule has 0 atom stereocenters. The van der Waals surface area contributed by atoms with Crippen molar-refractivity contribution in [2.75, 3.05) is 0 Å². The molecule has 0 saturated carbocycles. The molecule has 6 heteroatoms. The average Bonchev–Trinajstić information content (AvgIpc) is 3.12. The second-order valence-corrected chi connectivity index (χ2v) is 6.05. The minimum Gasteiger partial charge on any atom is -0.391 e. The van der Waals surface area contributed by atoms with E-state index in [0.29, 0.717) is 22.5 Å².